The third-order valence-corrected chi connectivity index (χ3v) is 5.09. The maximum absolute atomic E-state index is 10.2. The fourth-order valence-electron chi connectivity index (χ4n) is 3.51. The number of aliphatic hydroxyl groups is 1. The largest absolute Gasteiger partial charge is 0.393 e. The lowest BCUT2D eigenvalue weighted by Crippen LogP contribution is -2.58. The van der Waals surface area contributed by atoms with Crippen molar-refractivity contribution in [2.24, 2.45) is 11.8 Å². The van der Waals surface area contributed by atoms with Crippen molar-refractivity contribution in [3.8, 4) is 0 Å². The second kappa shape index (κ2) is 5.48. The van der Waals surface area contributed by atoms with Crippen LogP contribution in [0, 0.1) is 11.8 Å². The summed E-state index contributed by atoms with van der Waals surface area (Å²) < 4.78 is 0. The molecule has 1 aliphatic carbocycles. The van der Waals surface area contributed by atoms with Gasteiger partial charge in [0.1, 0.15) is 0 Å². The minimum Gasteiger partial charge on any atom is -0.393 e. The fourth-order valence-corrected chi connectivity index (χ4v) is 3.51. The molecule has 1 saturated heterocycles. The summed E-state index contributed by atoms with van der Waals surface area (Å²) in [6.07, 6.45) is 3.34. The van der Waals surface area contributed by atoms with Gasteiger partial charge in [-0.3, -0.25) is 9.80 Å². The quantitative estimate of drug-likeness (QED) is 0.814. The van der Waals surface area contributed by atoms with Gasteiger partial charge in [-0.15, -0.1) is 0 Å². The van der Waals surface area contributed by atoms with E-state index in [9.17, 15) is 5.11 Å². The summed E-state index contributed by atoms with van der Waals surface area (Å²) in [4.78, 5) is 5.01. The van der Waals surface area contributed by atoms with E-state index in [-0.39, 0.29) is 11.6 Å². The van der Waals surface area contributed by atoms with E-state index in [1.54, 1.807) is 0 Å². The smallest absolute Gasteiger partial charge is 0.0580 e. The molecule has 0 radical (unpaired) electrons. The average molecular weight is 254 g/mol. The minimum absolute atomic E-state index is 0.0658. The molecular weight excluding hydrogens is 224 g/mol. The molecule has 1 saturated carbocycles. The summed E-state index contributed by atoms with van der Waals surface area (Å²) in [6.45, 7) is 11.5. The predicted octanol–water partition coefficient (Wildman–Crippen LogP) is 1.81. The molecule has 3 heteroatoms. The van der Waals surface area contributed by atoms with Crippen LogP contribution in [0.2, 0.25) is 0 Å². The minimum atomic E-state index is -0.0658. The molecule has 2 aliphatic rings. The molecule has 1 N–H and O–H groups in total. The van der Waals surface area contributed by atoms with Gasteiger partial charge in [0.15, 0.2) is 0 Å². The average Bonchev–Trinajstić information content (AvgIpc) is 2.28. The number of hydrogen-bond donors (Lipinski definition) is 1. The number of rotatable bonds is 2. The van der Waals surface area contributed by atoms with Crippen molar-refractivity contribution < 1.29 is 5.11 Å². The normalized spacial score (nSPS) is 38.8. The lowest BCUT2D eigenvalue weighted by Gasteiger charge is -2.47. The summed E-state index contributed by atoms with van der Waals surface area (Å²) in [6, 6.07) is 0. The monoisotopic (exact) mass is 254 g/mol. The topological polar surface area (TPSA) is 26.7 Å². The maximum atomic E-state index is 10.2. The molecule has 3 unspecified atom stereocenters. The molecule has 0 aromatic rings. The van der Waals surface area contributed by atoms with Crippen LogP contribution in [0.4, 0.5) is 0 Å². The summed E-state index contributed by atoms with van der Waals surface area (Å²) >= 11 is 0. The van der Waals surface area contributed by atoms with Crippen molar-refractivity contribution in [3.63, 3.8) is 0 Å². The number of aliphatic hydroxyl groups excluding tert-OH is 1. The lowest BCUT2D eigenvalue weighted by atomic mass is 9.80. The summed E-state index contributed by atoms with van der Waals surface area (Å²) in [5.41, 5.74) is 0.267. The number of hydrogen-bond acceptors (Lipinski definition) is 3. The van der Waals surface area contributed by atoms with Crippen LogP contribution in [0.15, 0.2) is 0 Å². The third kappa shape index (κ3) is 3.25. The van der Waals surface area contributed by atoms with Crippen LogP contribution in [0.25, 0.3) is 0 Å². The molecule has 1 aliphatic heterocycles. The van der Waals surface area contributed by atoms with Crippen LogP contribution >= 0.6 is 0 Å². The van der Waals surface area contributed by atoms with Gasteiger partial charge in [0.25, 0.3) is 0 Å². The number of nitrogens with zero attached hydrogens (tertiary/aromatic N) is 2. The second-order valence-corrected chi connectivity index (χ2v) is 7.21. The Labute approximate surface area is 112 Å². The van der Waals surface area contributed by atoms with Crippen LogP contribution in [0.3, 0.4) is 0 Å². The van der Waals surface area contributed by atoms with E-state index in [4.69, 9.17) is 0 Å². The fraction of sp³-hybridized carbons (Fsp3) is 1.00. The molecule has 18 heavy (non-hydrogen) atoms. The first-order chi connectivity index (χ1) is 8.38. The van der Waals surface area contributed by atoms with E-state index in [0.29, 0.717) is 5.92 Å². The van der Waals surface area contributed by atoms with Crippen molar-refractivity contribution >= 4 is 0 Å². The molecule has 0 spiro atoms. The van der Waals surface area contributed by atoms with Crippen LogP contribution < -0.4 is 0 Å². The van der Waals surface area contributed by atoms with E-state index in [1.807, 2.05) is 0 Å². The molecule has 106 valence electrons. The highest BCUT2D eigenvalue weighted by molar-refractivity contribution is 4.90. The third-order valence-electron chi connectivity index (χ3n) is 5.09. The first-order valence-corrected chi connectivity index (χ1v) is 7.50. The Morgan fingerprint density at radius 1 is 1.22 bits per heavy atom. The number of piperazine rings is 1. The zero-order valence-corrected chi connectivity index (χ0v) is 12.5. The van der Waals surface area contributed by atoms with E-state index in [2.05, 4.69) is 37.6 Å². The van der Waals surface area contributed by atoms with Crippen molar-refractivity contribution in [1.82, 2.24) is 9.80 Å². The zero-order valence-electron chi connectivity index (χ0n) is 12.5. The summed E-state index contributed by atoms with van der Waals surface area (Å²) in [5, 5.41) is 10.2. The highest BCUT2D eigenvalue weighted by atomic mass is 16.3. The van der Waals surface area contributed by atoms with Crippen LogP contribution in [-0.4, -0.2) is 59.8 Å². The van der Waals surface area contributed by atoms with Gasteiger partial charge in [-0.25, -0.2) is 0 Å². The molecule has 0 bridgehead atoms. The number of likely N-dealkylation sites (N-methyl/N-ethyl adjacent to an activating group) is 1. The molecule has 0 aromatic heterocycles. The van der Waals surface area contributed by atoms with Gasteiger partial charge >= 0.3 is 0 Å². The van der Waals surface area contributed by atoms with Gasteiger partial charge in [0.2, 0.25) is 0 Å². The first kappa shape index (κ1) is 14.3. The van der Waals surface area contributed by atoms with E-state index in [1.165, 1.54) is 12.8 Å². The lowest BCUT2D eigenvalue weighted by molar-refractivity contribution is -0.00700. The van der Waals surface area contributed by atoms with Gasteiger partial charge in [0.05, 0.1) is 6.10 Å². The van der Waals surface area contributed by atoms with Crippen LogP contribution in [-0.2, 0) is 0 Å². The Bertz CT molecular complexity index is 280. The maximum Gasteiger partial charge on any atom is 0.0580 e. The molecular formula is C15H30N2O. The van der Waals surface area contributed by atoms with E-state index >= 15 is 0 Å². The van der Waals surface area contributed by atoms with Crippen LogP contribution in [0.1, 0.15) is 40.0 Å². The second-order valence-electron chi connectivity index (χ2n) is 7.21. The molecule has 0 amide bonds. The predicted molar refractivity (Wildman–Crippen MR) is 75.7 cm³/mol. The van der Waals surface area contributed by atoms with Crippen molar-refractivity contribution in [1.29, 1.82) is 0 Å². The van der Waals surface area contributed by atoms with Crippen molar-refractivity contribution in [2.45, 2.75) is 51.7 Å². The van der Waals surface area contributed by atoms with Gasteiger partial charge in [-0.1, -0.05) is 6.92 Å². The highest BCUT2D eigenvalue weighted by Crippen LogP contribution is 2.30. The standard InChI is InChI=1S/C15H30N2O/c1-12-5-6-14(18)13(9-12)10-17-8-7-16(4)15(2,3)11-17/h12-14,18H,5-11H2,1-4H3. The molecule has 2 rings (SSSR count). The summed E-state index contributed by atoms with van der Waals surface area (Å²) in [7, 11) is 2.22. The van der Waals surface area contributed by atoms with Gasteiger partial charge in [-0.05, 0) is 52.0 Å². The molecule has 3 nitrogen and oxygen atoms in total. The Morgan fingerprint density at radius 2 is 1.94 bits per heavy atom. The molecule has 3 atom stereocenters. The Balaban J connectivity index is 1.89. The van der Waals surface area contributed by atoms with E-state index in [0.717, 1.165) is 38.5 Å². The molecule has 0 aromatic carbocycles. The van der Waals surface area contributed by atoms with E-state index < -0.39 is 0 Å². The Hall–Kier alpha value is -0.120. The van der Waals surface area contributed by atoms with Gasteiger partial charge in [-0.2, -0.15) is 0 Å². The molecule has 2 fully saturated rings. The van der Waals surface area contributed by atoms with Gasteiger partial charge < -0.3 is 5.11 Å². The van der Waals surface area contributed by atoms with Crippen molar-refractivity contribution in [2.75, 3.05) is 33.2 Å². The SMILES string of the molecule is CC1CCC(O)C(CN2CCN(C)C(C)(C)C2)C1. The first-order valence-electron chi connectivity index (χ1n) is 7.50. The highest BCUT2D eigenvalue weighted by Gasteiger charge is 2.34. The summed E-state index contributed by atoms with van der Waals surface area (Å²) in [5.74, 6) is 1.28. The van der Waals surface area contributed by atoms with Crippen molar-refractivity contribution in [3.05, 3.63) is 0 Å². The Morgan fingerprint density at radius 3 is 2.61 bits per heavy atom. The van der Waals surface area contributed by atoms with Crippen LogP contribution in [0.5, 0.6) is 0 Å². The van der Waals surface area contributed by atoms with Gasteiger partial charge in [0, 0.05) is 31.7 Å². The zero-order chi connectivity index (χ0) is 13.3. The Kier molecular flexibility index (Phi) is 4.35. The molecule has 1 heterocycles.